The number of hydrogen-bond donors (Lipinski definition) is 2. The number of hydrogen-bond acceptors (Lipinski definition) is 5. The second-order valence-corrected chi connectivity index (χ2v) is 5.86. The van der Waals surface area contributed by atoms with E-state index in [1.807, 2.05) is 0 Å². The molecule has 0 fully saturated rings. The number of nitrogens with zero attached hydrogens (tertiary/aromatic N) is 1. The van der Waals surface area contributed by atoms with Gasteiger partial charge in [-0.1, -0.05) is 12.1 Å². The van der Waals surface area contributed by atoms with Crippen molar-refractivity contribution in [2.75, 3.05) is 11.9 Å². The van der Waals surface area contributed by atoms with Crippen LogP contribution in [-0.4, -0.2) is 28.2 Å². The van der Waals surface area contributed by atoms with Crippen molar-refractivity contribution in [1.82, 2.24) is 4.57 Å². The van der Waals surface area contributed by atoms with Crippen LogP contribution in [0.5, 0.6) is 5.75 Å². The highest BCUT2D eigenvalue weighted by Gasteiger charge is 2.21. The minimum Gasteiger partial charge on any atom is -0.506 e. The Kier molecular flexibility index (Phi) is 4.94. The largest absolute Gasteiger partial charge is 0.506 e. The predicted molar refractivity (Wildman–Crippen MR) is 101 cm³/mol. The van der Waals surface area contributed by atoms with Gasteiger partial charge >= 0.3 is 5.97 Å². The van der Waals surface area contributed by atoms with Crippen LogP contribution in [0.1, 0.15) is 27.6 Å². The van der Waals surface area contributed by atoms with E-state index in [1.54, 1.807) is 31.2 Å². The normalized spacial score (nSPS) is 10.6. The lowest BCUT2D eigenvalue weighted by atomic mass is 10.1. The summed E-state index contributed by atoms with van der Waals surface area (Å²) in [7, 11) is 1.54. The van der Waals surface area contributed by atoms with Crippen LogP contribution in [0.4, 0.5) is 5.69 Å². The van der Waals surface area contributed by atoms with Crippen molar-refractivity contribution in [3.8, 4) is 5.75 Å². The van der Waals surface area contributed by atoms with Gasteiger partial charge < -0.3 is 19.7 Å². The van der Waals surface area contributed by atoms with Crippen molar-refractivity contribution in [3.05, 3.63) is 70.0 Å². The molecule has 7 heteroatoms. The van der Waals surface area contributed by atoms with Crippen LogP contribution in [0.2, 0.25) is 0 Å². The molecular formula is C20H18N2O5. The van der Waals surface area contributed by atoms with E-state index in [-0.39, 0.29) is 17.9 Å². The number of carbonyl (C=O) groups excluding carboxylic acids is 2. The Morgan fingerprint density at radius 1 is 1.11 bits per heavy atom. The maximum atomic E-state index is 12.6. The summed E-state index contributed by atoms with van der Waals surface area (Å²) in [5.74, 6) is -1.56. The Hall–Kier alpha value is -3.61. The highest BCUT2D eigenvalue weighted by atomic mass is 16.5. The first-order valence-corrected chi connectivity index (χ1v) is 8.33. The van der Waals surface area contributed by atoms with E-state index in [0.29, 0.717) is 22.2 Å². The quantitative estimate of drug-likeness (QED) is 0.692. The fraction of sp³-hybridized carbons (Fsp3) is 0.150. The van der Waals surface area contributed by atoms with E-state index < -0.39 is 17.4 Å². The number of fused-ring (bicyclic) bond motifs is 1. The van der Waals surface area contributed by atoms with Gasteiger partial charge in [-0.15, -0.1) is 0 Å². The zero-order chi connectivity index (χ0) is 19.6. The number of benzene rings is 2. The first-order chi connectivity index (χ1) is 12.9. The molecule has 0 atom stereocenters. The van der Waals surface area contributed by atoms with Crippen molar-refractivity contribution in [3.63, 3.8) is 0 Å². The van der Waals surface area contributed by atoms with Gasteiger partial charge in [0, 0.05) is 18.1 Å². The van der Waals surface area contributed by atoms with Gasteiger partial charge in [0.05, 0.1) is 17.7 Å². The van der Waals surface area contributed by atoms with Crippen LogP contribution >= 0.6 is 0 Å². The summed E-state index contributed by atoms with van der Waals surface area (Å²) >= 11 is 0. The average molecular weight is 366 g/mol. The molecule has 3 rings (SSSR count). The lowest BCUT2D eigenvalue weighted by Crippen LogP contribution is -2.28. The van der Waals surface area contributed by atoms with Gasteiger partial charge in [0.25, 0.3) is 11.5 Å². The van der Waals surface area contributed by atoms with Crippen molar-refractivity contribution < 1.29 is 19.4 Å². The molecule has 2 aromatic carbocycles. The molecule has 0 aliphatic heterocycles. The lowest BCUT2D eigenvalue weighted by Gasteiger charge is -2.12. The second-order valence-electron chi connectivity index (χ2n) is 5.86. The molecule has 0 saturated heterocycles. The molecule has 0 unspecified atom stereocenters. The molecule has 0 aliphatic carbocycles. The number of carbonyl (C=O) groups is 2. The van der Waals surface area contributed by atoms with Crippen molar-refractivity contribution in [2.24, 2.45) is 7.05 Å². The minimum atomic E-state index is -0.734. The number of nitrogens with one attached hydrogen (secondary N) is 1. The molecule has 1 amide bonds. The molecule has 3 aromatic rings. The monoisotopic (exact) mass is 366 g/mol. The molecule has 0 bridgehead atoms. The van der Waals surface area contributed by atoms with Crippen LogP contribution in [-0.2, 0) is 11.8 Å². The Morgan fingerprint density at radius 3 is 2.44 bits per heavy atom. The SMILES string of the molecule is CCOC(=O)c1ccc(NC(=O)c2c(O)c3ccccc3n(C)c2=O)cc1. The number of amides is 1. The van der Waals surface area contributed by atoms with E-state index in [4.69, 9.17) is 4.74 Å². The molecule has 1 heterocycles. The maximum Gasteiger partial charge on any atom is 0.338 e. The fourth-order valence-electron chi connectivity index (χ4n) is 2.78. The smallest absolute Gasteiger partial charge is 0.338 e. The highest BCUT2D eigenvalue weighted by Crippen LogP contribution is 2.26. The van der Waals surface area contributed by atoms with Crippen LogP contribution in [0, 0.1) is 0 Å². The average Bonchev–Trinajstić information content (AvgIpc) is 2.67. The van der Waals surface area contributed by atoms with Crippen LogP contribution in [0.3, 0.4) is 0 Å². The van der Waals surface area contributed by atoms with Crippen molar-refractivity contribution in [1.29, 1.82) is 0 Å². The van der Waals surface area contributed by atoms with E-state index in [0.717, 1.165) is 0 Å². The Morgan fingerprint density at radius 2 is 1.78 bits per heavy atom. The van der Waals surface area contributed by atoms with Gasteiger partial charge in [-0.3, -0.25) is 9.59 Å². The third-order valence-corrected chi connectivity index (χ3v) is 4.16. The van der Waals surface area contributed by atoms with Crippen molar-refractivity contribution in [2.45, 2.75) is 6.92 Å². The number of esters is 1. The predicted octanol–water partition coefficient (Wildman–Crippen LogP) is 2.67. The standard InChI is InChI=1S/C20H18N2O5/c1-3-27-20(26)12-8-10-13(11-9-12)21-18(24)16-17(23)14-6-4-5-7-15(14)22(2)19(16)25/h4-11,23H,3H2,1-2H3,(H,21,24). The molecule has 7 nitrogen and oxygen atoms in total. The summed E-state index contributed by atoms with van der Waals surface area (Å²) in [6.07, 6.45) is 0. The fourth-order valence-corrected chi connectivity index (χ4v) is 2.78. The van der Waals surface area contributed by atoms with Gasteiger partial charge in [0.2, 0.25) is 0 Å². The number of anilines is 1. The second kappa shape index (κ2) is 7.33. The molecule has 1 aromatic heterocycles. The molecule has 0 saturated carbocycles. The zero-order valence-electron chi connectivity index (χ0n) is 14.9. The summed E-state index contributed by atoms with van der Waals surface area (Å²) < 4.78 is 6.21. The number of rotatable bonds is 4. The van der Waals surface area contributed by atoms with E-state index in [1.165, 1.54) is 35.9 Å². The zero-order valence-corrected chi connectivity index (χ0v) is 14.9. The van der Waals surface area contributed by atoms with E-state index in [2.05, 4.69) is 5.32 Å². The molecule has 2 N–H and O–H groups in total. The summed E-state index contributed by atoms with van der Waals surface area (Å²) in [5, 5.41) is 13.4. The Labute approximate surface area is 154 Å². The van der Waals surface area contributed by atoms with Gasteiger partial charge in [-0.2, -0.15) is 0 Å². The number of aromatic nitrogens is 1. The van der Waals surface area contributed by atoms with Crippen LogP contribution in [0.15, 0.2) is 53.3 Å². The number of para-hydroxylation sites is 1. The molecule has 0 radical (unpaired) electrons. The number of aromatic hydroxyl groups is 1. The number of ether oxygens (including phenoxy) is 1. The minimum absolute atomic E-state index is 0.266. The molecule has 27 heavy (non-hydrogen) atoms. The van der Waals surface area contributed by atoms with Crippen LogP contribution in [0.25, 0.3) is 10.9 Å². The molecular weight excluding hydrogens is 348 g/mol. The Balaban J connectivity index is 1.93. The topological polar surface area (TPSA) is 97.6 Å². The number of aryl methyl sites for hydroxylation is 1. The van der Waals surface area contributed by atoms with Gasteiger partial charge in [0.1, 0.15) is 11.3 Å². The maximum absolute atomic E-state index is 12.6. The van der Waals surface area contributed by atoms with Crippen molar-refractivity contribution >= 4 is 28.5 Å². The summed E-state index contributed by atoms with van der Waals surface area (Å²) in [5.41, 5.74) is 0.301. The Bertz CT molecular complexity index is 1080. The van der Waals surface area contributed by atoms with Gasteiger partial charge in [0.15, 0.2) is 0 Å². The highest BCUT2D eigenvalue weighted by molar-refractivity contribution is 6.09. The van der Waals surface area contributed by atoms with Crippen LogP contribution < -0.4 is 10.9 Å². The van der Waals surface area contributed by atoms with E-state index >= 15 is 0 Å². The van der Waals surface area contributed by atoms with E-state index in [9.17, 15) is 19.5 Å². The molecule has 0 spiro atoms. The lowest BCUT2D eigenvalue weighted by molar-refractivity contribution is 0.0526. The first-order valence-electron chi connectivity index (χ1n) is 8.33. The third-order valence-electron chi connectivity index (χ3n) is 4.16. The molecule has 0 aliphatic rings. The van der Waals surface area contributed by atoms with Gasteiger partial charge in [-0.25, -0.2) is 4.79 Å². The third kappa shape index (κ3) is 3.39. The summed E-state index contributed by atoms with van der Waals surface area (Å²) in [6, 6.07) is 12.8. The summed E-state index contributed by atoms with van der Waals surface area (Å²) in [4.78, 5) is 36.8. The number of pyridine rings is 1. The first kappa shape index (κ1) is 18.2. The van der Waals surface area contributed by atoms with Gasteiger partial charge in [-0.05, 0) is 43.3 Å². The molecule has 138 valence electrons. The summed E-state index contributed by atoms with van der Waals surface area (Å²) in [6.45, 7) is 1.98.